The monoisotopic (exact) mass is 422 g/mol. The summed E-state index contributed by atoms with van der Waals surface area (Å²) in [4.78, 5) is 18.7. The van der Waals surface area contributed by atoms with Crippen molar-refractivity contribution in [2.75, 3.05) is 13.2 Å². The first-order valence-corrected chi connectivity index (χ1v) is 10.1. The van der Waals surface area contributed by atoms with Gasteiger partial charge in [0, 0.05) is 23.8 Å². The maximum atomic E-state index is 12.3. The molecule has 3 aromatic rings. The van der Waals surface area contributed by atoms with Gasteiger partial charge in [-0.25, -0.2) is 0 Å². The third-order valence-electron chi connectivity index (χ3n) is 5.01. The molecule has 4 rings (SSSR count). The minimum absolute atomic E-state index is 0.0361. The number of phenols is 1. The summed E-state index contributed by atoms with van der Waals surface area (Å²) in [7, 11) is 0. The van der Waals surface area contributed by atoms with Crippen molar-refractivity contribution in [3.05, 3.63) is 78.4 Å². The lowest BCUT2D eigenvalue weighted by Gasteiger charge is -2.28. The predicted octanol–water partition coefficient (Wildman–Crippen LogP) is 3.11. The molecule has 2 atom stereocenters. The van der Waals surface area contributed by atoms with Crippen molar-refractivity contribution in [3.63, 3.8) is 0 Å². The van der Waals surface area contributed by atoms with Crippen LogP contribution in [-0.4, -0.2) is 43.8 Å². The van der Waals surface area contributed by atoms with Crippen LogP contribution in [0.1, 0.15) is 30.4 Å². The molecule has 0 spiro atoms. The summed E-state index contributed by atoms with van der Waals surface area (Å²) in [5, 5.41) is 13.4. The fraction of sp³-hybridized carbons (Fsp3) is 0.227. The smallest absolute Gasteiger partial charge is 0.325 e. The number of phenolic OH excluding ortho intramolecular Hbond substituents is 1. The van der Waals surface area contributed by atoms with Crippen molar-refractivity contribution < 1.29 is 14.6 Å². The standard InChI is InChI=1S/C22H22N4O3S/c1-2-29-19(28)14-26-21(20(24-22(26)30)17-6-3-4-12-23-17)18-7-5-13-25(18)15-8-10-16(27)11-9-15/h3-13,20-21,27H,2,14H2,1H3,(H,24,30)/t20-,21-/m1/s1. The Kier molecular flexibility index (Phi) is 5.67. The molecule has 0 saturated carbocycles. The van der Waals surface area contributed by atoms with E-state index in [4.69, 9.17) is 17.0 Å². The van der Waals surface area contributed by atoms with E-state index in [0.29, 0.717) is 11.7 Å². The molecule has 2 N–H and O–H groups in total. The van der Waals surface area contributed by atoms with Gasteiger partial charge in [0.25, 0.3) is 0 Å². The molecule has 0 radical (unpaired) electrons. The summed E-state index contributed by atoms with van der Waals surface area (Å²) in [5.74, 6) is -0.137. The molecule has 1 aliphatic rings. The summed E-state index contributed by atoms with van der Waals surface area (Å²) in [6, 6.07) is 16.1. The molecule has 0 bridgehead atoms. The number of aromatic hydroxyl groups is 1. The molecule has 0 unspecified atom stereocenters. The largest absolute Gasteiger partial charge is 0.508 e. The Morgan fingerprint density at radius 2 is 2.00 bits per heavy atom. The van der Waals surface area contributed by atoms with Gasteiger partial charge in [-0.1, -0.05) is 6.07 Å². The van der Waals surface area contributed by atoms with Crippen LogP contribution in [0.3, 0.4) is 0 Å². The highest BCUT2D eigenvalue weighted by atomic mass is 32.1. The zero-order valence-corrected chi connectivity index (χ0v) is 17.2. The Labute approximate surface area is 179 Å². The number of rotatable bonds is 6. The van der Waals surface area contributed by atoms with Gasteiger partial charge in [-0.3, -0.25) is 9.78 Å². The van der Waals surface area contributed by atoms with Crippen molar-refractivity contribution in [3.8, 4) is 11.4 Å². The maximum absolute atomic E-state index is 12.3. The predicted molar refractivity (Wildman–Crippen MR) is 116 cm³/mol. The van der Waals surface area contributed by atoms with E-state index in [9.17, 15) is 9.90 Å². The van der Waals surface area contributed by atoms with Crippen LogP contribution in [0.25, 0.3) is 5.69 Å². The van der Waals surface area contributed by atoms with E-state index in [-0.39, 0.29) is 30.3 Å². The lowest BCUT2D eigenvalue weighted by atomic mass is 10.0. The van der Waals surface area contributed by atoms with Gasteiger partial charge in [0.1, 0.15) is 12.3 Å². The number of ether oxygens (including phenoxy) is 1. The Hall–Kier alpha value is -3.39. The number of thiocarbonyl (C=S) groups is 1. The van der Waals surface area contributed by atoms with E-state index in [0.717, 1.165) is 17.1 Å². The van der Waals surface area contributed by atoms with E-state index in [1.54, 1.807) is 25.3 Å². The van der Waals surface area contributed by atoms with Crippen LogP contribution in [-0.2, 0) is 9.53 Å². The van der Waals surface area contributed by atoms with Gasteiger partial charge in [0.05, 0.1) is 24.4 Å². The third kappa shape index (κ3) is 3.86. The number of hydrogen-bond donors (Lipinski definition) is 2. The Balaban J connectivity index is 1.77. The van der Waals surface area contributed by atoms with Crippen LogP contribution < -0.4 is 5.32 Å². The average molecular weight is 423 g/mol. The number of esters is 1. The van der Waals surface area contributed by atoms with Crippen molar-refractivity contribution in [1.29, 1.82) is 0 Å². The molecular formula is C22H22N4O3S. The van der Waals surface area contributed by atoms with Crippen LogP contribution in [0, 0.1) is 0 Å². The van der Waals surface area contributed by atoms with Gasteiger partial charge in [-0.15, -0.1) is 0 Å². The molecule has 8 heteroatoms. The molecule has 2 aromatic heterocycles. The van der Waals surface area contributed by atoms with Crippen molar-refractivity contribution in [1.82, 2.24) is 19.8 Å². The van der Waals surface area contributed by atoms with Crippen LogP contribution in [0.15, 0.2) is 67.0 Å². The van der Waals surface area contributed by atoms with Crippen LogP contribution in [0.5, 0.6) is 5.75 Å². The molecule has 1 aliphatic heterocycles. The van der Waals surface area contributed by atoms with E-state index in [1.807, 2.05) is 58.1 Å². The molecule has 154 valence electrons. The number of carbonyl (C=O) groups is 1. The third-order valence-corrected chi connectivity index (χ3v) is 5.37. The van der Waals surface area contributed by atoms with Gasteiger partial charge in [-0.05, 0) is 67.7 Å². The first-order chi connectivity index (χ1) is 14.6. The quantitative estimate of drug-likeness (QED) is 0.467. The van der Waals surface area contributed by atoms with Crippen LogP contribution in [0.4, 0.5) is 0 Å². The van der Waals surface area contributed by atoms with E-state index in [1.165, 1.54) is 0 Å². The van der Waals surface area contributed by atoms with Gasteiger partial charge in [-0.2, -0.15) is 0 Å². The molecule has 3 heterocycles. The number of benzene rings is 1. The highest BCUT2D eigenvalue weighted by Gasteiger charge is 2.42. The molecule has 1 saturated heterocycles. The van der Waals surface area contributed by atoms with Crippen LogP contribution in [0.2, 0.25) is 0 Å². The van der Waals surface area contributed by atoms with Crippen molar-refractivity contribution in [2.24, 2.45) is 0 Å². The molecule has 1 fully saturated rings. The first-order valence-electron chi connectivity index (χ1n) is 9.69. The SMILES string of the molecule is CCOC(=O)CN1C(=S)N[C@H](c2ccccn2)[C@H]1c1cccn1-c1ccc(O)cc1. The average Bonchev–Trinajstić information content (AvgIpc) is 3.34. The molecule has 7 nitrogen and oxygen atoms in total. The minimum atomic E-state index is -0.337. The van der Waals surface area contributed by atoms with Gasteiger partial charge < -0.3 is 24.6 Å². The van der Waals surface area contributed by atoms with E-state index >= 15 is 0 Å². The van der Waals surface area contributed by atoms with E-state index in [2.05, 4.69) is 10.3 Å². The molecule has 0 aliphatic carbocycles. The van der Waals surface area contributed by atoms with Crippen molar-refractivity contribution >= 4 is 23.3 Å². The first kappa shape index (κ1) is 19.9. The van der Waals surface area contributed by atoms with Crippen LogP contribution >= 0.6 is 12.2 Å². The topological polar surface area (TPSA) is 79.6 Å². The second-order valence-electron chi connectivity index (χ2n) is 6.88. The number of nitrogens with zero attached hydrogens (tertiary/aromatic N) is 3. The minimum Gasteiger partial charge on any atom is -0.508 e. The lowest BCUT2D eigenvalue weighted by Crippen LogP contribution is -2.36. The number of hydrogen-bond acceptors (Lipinski definition) is 5. The lowest BCUT2D eigenvalue weighted by molar-refractivity contribution is -0.143. The normalized spacial score (nSPS) is 18.3. The Morgan fingerprint density at radius 3 is 2.70 bits per heavy atom. The molecule has 30 heavy (non-hydrogen) atoms. The Morgan fingerprint density at radius 1 is 1.20 bits per heavy atom. The molecular weight excluding hydrogens is 400 g/mol. The number of nitrogens with one attached hydrogen (secondary N) is 1. The second kappa shape index (κ2) is 8.54. The van der Waals surface area contributed by atoms with Gasteiger partial charge in [0.15, 0.2) is 5.11 Å². The maximum Gasteiger partial charge on any atom is 0.325 e. The zero-order valence-electron chi connectivity index (χ0n) is 16.4. The fourth-order valence-corrected chi connectivity index (χ4v) is 4.03. The fourth-order valence-electron chi connectivity index (χ4n) is 3.73. The summed E-state index contributed by atoms with van der Waals surface area (Å²) in [5.41, 5.74) is 2.66. The summed E-state index contributed by atoms with van der Waals surface area (Å²) >= 11 is 5.59. The summed E-state index contributed by atoms with van der Waals surface area (Å²) in [6.45, 7) is 2.13. The van der Waals surface area contributed by atoms with Gasteiger partial charge >= 0.3 is 5.97 Å². The second-order valence-corrected chi connectivity index (χ2v) is 7.27. The van der Waals surface area contributed by atoms with E-state index < -0.39 is 0 Å². The highest BCUT2D eigenvalue weighted by Crippen LogP contribution is 2.39. The highest BCUT2D eigenvalue weighted by molar-refractivity contribution is 7.80. The zero-order chi connectivity index (χ0) is 21.1. The molecule has 1 aromatic carbocycles. The number of aromatic nitrogens is 2. The molecule has 0 amide bonds. The number of pyridine rings is 1. The Bertz CT molecular complexity index is 1040. The number of carbonyl (C=O) groups excluding carboxylic acids is 1. The summed E-state index contributed by atoms with van der Waals surface area (Å²) < 4.78 is 7.19. The van der Waals surface area contributed by atoms with Gasteiger partial charge in [0.2, 0.25) is 0 Å². The van der Waals surface area contributed by atoms with Crippen molar-refractivity contribution in [2.45, 2.75) is 19.0 Å². The summed E-state index contributed by atoms with van der Waals surface area (Å²) in [6.07, 6.45) is 3.69.